The van der Waals surface area contributed by atoms with Crippen LogP contribution >= 0.6 is 0 Å². The number of alkyl halides is 1. The van der Waals surface area contributed by atoms with Gasteiger partial charge in [-0.15, -0.1) is 0 Å². The number of nitrogens with zero attached hydrogens (tertiary/aromatic N) is 3. The zero-order chi connectivity index (χ0) is 25.1. The predicted molar refractivity (Wildman–Crippen MR) is 132 cm³/mol. The maximum Gasteiger partial charge on any atom is 0.259 e. The summed E-state index contributed by atoms with van der Waals surface area (Å²) in [6.45, 7) is 1.89. The fourth-order valence-electron chi connectivity index (χ4n) is 8.18. The number of carbonyl (C=O) groups excluding carboxylic acids is 2. The molecule has 0 radical (unpaired) electrons. The highest BCUT2D eigenvalue weighted by Gasteiger charge is 2.60. The van der Waals surface area contributed by atoms with E-state index in [1.807, 2.05) is 6.20 Å². The molecule has 37 heavy (non-hydrogen) atoms. The predicted octanol–water partition coefficient (Wildman–Crippen LogP) is 2.28. The molecule has 1 aromatic rings. The Hall–Kier alpha value is -2.46. The number of hydrogen-bond donors (Lipinski definition) is 2. The van der Waals surface area contributed by atoms with Crippen molar-refractivity contribution in [2.24, 2.45) is 17.8 Å². The van der Waals surface area contributed by atoms with Crippen LogP contribution in [0.5, 0.6) is 0 Å². The molecule has 0 bridgehead atoms. The number of anilines is 1. The number of Topliss-reactive ketones (excluding diaryl/α,β-unsaturated/α-hetero) is 1. The van der Waals surface area contributed by atoms with E-state index in [-0.39, 0.29) is 41.9 Å². The number of morpholine rings is 2. The summed E-state index contributed by atoms with van der Waals surface area (Å²) in [4.78, 5) is 31.5. The molecule has 0 aromatic carbocycles. The molecule has 6 aliphatic rings. The number of carbonyl (C=O) groups is 2. The number of nitrogens with one attached hydrogen (secondary N) is 2. The lowest BCUT2D eigenvalue weighted by Crippen LogP contribution is -2.73. The molecule has 9 nitrogen and oxygen atoms in total. The molecule has 9 unspecified atom stereocenters. The van der Waals surface area contributed by atoms with Crippen molar-refractivity contribution in [2.75, 3.05) is 31.6 Å². The molecule has 7 rings (SSSR count). The normalized spacial score (nSPS) is 41.3. The Morgan fingerprint density at radius 1 is 1.14 bits per heavy atom. The van der Waals surface area contributed by atoms with Crippen molar-refractivity contribution in [3.05, 3.63) is 24.0 Å². The summed E-state index contributed by atoms with van der Waals surface area (Å²) < 4.78 is 28.1. The number of amides is 1. The second-order valence-corrected chi connectivity index (χ2v) is 11.7. The Bertz CT molecular complexity index is 1060. The van der Waals surface area contributed by atoms with E-state index in [1.54, 1.807) is 17.2 Å². The topological polar surface area (TPSA) is 99.8 Å². The summed E-state index contributed by atoms with van der Waals surface area (Å²) in [6, 6.07) is 1.00. The Kier molecular flexibility index (Phi) is 5.99. The summed E-state index contributed by atoms with van der Waals surface area (Å²) in [6.07, 6.45) is 8.63. The summed E-state index contributed by atoms with van der Waals surface area (Å²) in [5, 5.41) is 10.2. The minimum Gasteiger partial charge on any atom is -0.378 e. The quantitative estimate of drug-likeness (QED) is 0.599. The van der Waals surface area contributed by atoms with E-state index in [0.29, 0.717) is 44.0 Å². The Balaban J connectivity index is 1.28. The van der Waals surface area contributed by atoms with Crippen LogP contribution in [0.1, 0.15) is 44.9 Å². The lowest BCUT2D eigenvalue weighted by Gasteiger charge is -2.62. The lowest BCUT2D eigenvalue weighted by molar-refractivity contribution is -0.209. The molecule has 3 saturated carbocycles. The number of H-pyrrole nitrogens is 1. The van der Waals surface area contributed by atoms with Crippen molar-refractivity contribution in [2.45, 2.75) is 81.5 Å². The molecule has 10 heteroatoms. The Morgan fingerprint density at radius 3 is 2.78 bits per heavy atom. The number of aromatic nitrogens is 2. The van der Waals surface area contributed by atoms with Gasteiger partial charge < -0.3 is 24.6 Å². The molecule has 2 N–H and O–H groups in total. The molecule has 3 aliphatic carbocycles. The first-order chi connectivity index (χ1) is 18.1. The van der Waals surface area contributed by atoms with Gasteiger partial charge in [0.05, 0.1) is 49.2 Å². The van der Waals surface area contributed by atoms with Gasteiger partial charge in [0.2, 0.25) is 0 Å². The fraction of sp³-hybridized carbons (Fsp3) is 0.741. The van der Waals surface area contributed by atoms with E-state index >= 15 is 4.39 Å². The van der Waals surface area contributed by atoms with Crippen LogP contribution in [0.4, 0.5) is 10.2 Å². The van der Waals surface area contributed by atoms with Gasteiger partial charge in [-0.1, -0.05) is 19.3 Å². The van der Waals surface area contributed by atoms with Crippen molar-refractivity contribution < 1.29 is 23.5 Å². The van der Waals surface area contributed by atoms with E-state index in [2.05, 4.69) is 20.4 Å². The van der Waals surface area contributed by atoms with Gasteiger partial charge in [-0.2, -0.15) is 5.10 Å². The van der Waals surface area contributed by atoms with Gasteiger partial charge in [0.25, 0.3) is 5.91 Å². The smallest absolute Gasteiger partial charge is 0.259 e. The number of aromatic amines is 1. The first kappa shape index (κ1) is 23.6. The first-order valence-electron chi connectivity index (χ1n) is 14.1. The van der Waals surface area contributed by atoms with Crippen LogP contribution in [-0.2, 0) is 19.1 Å². The number of ketones is 1. The largest absolute Gasteiger partial charge is 0.378 e. The van der Waals surface area contributed by atoms with E-state index in [0.717, 1.165) is 19.3 Å². The lowest BCUT2D eigenvalue weighted by atomic mass is 9.63. The summed E-state index contributed by atoms with van der Waals surface area (Å²) in [5.74, 6) is 0.684. The van der Waals surface area contributed by atoms with Crippen molar-refractivity contribution in [1.29, 1.82) is 0 Å². The fourth-order valence-corrected chi connectivity index (χ4v) is 8.18. The van der Waals surface area contributed by atoms with E-state index in [9.17, 15) is 9.59 Å². The van der Waals surface area contributed by atoms with Crippen LogP contribution in [-0.4, -0.2) is 94.5 Å². The maximum absolute atomic E-state index is 15.9. The molecule has 1 amide bonds. The molecule has 0 spiro atoms. The van der Waals surface area contributed by atoms with Gasteiger partial charge in [-0.25, -0.2) is 4.39 Å². The molecular weight excluding hydrogens is 477 g/mol. The van der Waals surface area contributed by atoms with Gasteiger partial charge >= 0.3 is 0 Å². The molecule has 200 valence electrons. The van der Waals surface area contributed by atoms with Gasteiger partial charge in [0, 0.05) is 25.2 Å². The molecule has 9 atom stereocenters. The number of halogens is 1. The maximum atomic E-state index is 15.9. The highest BCUT2D eigenvalue weighted by Crippen LogP contribution is 2.51. The van der Waals surface area contributed by atoms with E-state index < -0.39 is 24.2 Å². The van der Waals surface area contributed by atoms with Gasteiger partial charge in [-0.05, 0) is 43.6 Å². The zero-order valence-electron chi connectivity index (χ0n) is 21.1. The van der Waals surface area contributed by atoms with Crippen LogP contribution in [0, 0.1) is 17.8 Å². The number of hydrogen-bond acceptors (Lipinski definition) is 7. The SMILES string of the molecule is O=C1C(C(=O)N2CCOCC2)=CN2C3C(CCC4CCCCC43)OC3C(Nc4ccn[nH]4)C(F)CC1C32. The van der Waals surface area contributed by atoms with Crippen molar-refractivity contribution in [3.8, 4) is 0 Å². The summed E-state index contributed by atoms with van der Waals surface area (Å²) >= 11 is 0. The molecular formula is C27H36FN5O4. The van der Waals surface area contributed by atoms with Gasteiger partial charge in [0.1, 0.15) is 18.1 Å². The molecule has 2 saturated heterocycles. The van der Waals surface area contributed by atoms with Crippen molar-refractivity contribution in [1.82, 2.24) is 20.0 Å². The van der Waals surface area contributed by atoms with Crippen LogP contribution in [0.3, 0.4) is 0 Å². The van der Waals surface area contributed by atoms with Gasteiger partial charge in [-0.3, -0.25) is 14.7 Å². The minimum absolute atomic E-state index is 0.0400. The van der Waals surface area contributed by atoms with Crippen LogP contribution in [0.2, 0.25) is 0 Å². The van der Waals surface area contributed by atoms with E-state index in [4.69, 9.17) is 9.47 Å². The average Bonchev–Trinajstić information content (AvgIpc) is 3.45. The molecule has 1 aromatic heterocycles. The zero-order valence-corrected chi connectivity index (χ0v) is 21.1. The molecule has 3 aliphatic heterocycles. The van der Waals surface area contributed by atoms with Crippen molar-refractivity contribution >= 4 is 17.5 Å². The summed E-state index contributed by atoms with van der Waals surface area (Å²) in [5.41, 5.74) is 0.215. The first-order valence-corrected chi connectivity index (χ1v) is 14.1. The Labute approximate surface area is 216 Å². The second-order valence-electron chi connectivity index (χ2n) is 11.7. The monoisotopic (exact) mass is 513 g/mol. The highest BCUT2D eigenvalue weighted by molar-refractivity contribution is 6.20. The molecule has 5 fully saturated rings. The third kappa shape index (κ3) is 3.90. The number of fused-ring (bicyclic) bond motifs is 4. The average molecular weight is 514 g/mol. The third-order valence-electron chi connectivity index (χ3n) is 9.83. The van der Waals surface area contributed by atoms with Crippen molar-refractivity contribution in [3.63, 3.8) is 0 Å². The van der Waals surface area contributed by atoms with Crippen LogP contribution in [0.15, 0.2) is 24.0 Å². The molecule has 4 heterocycles. The number of ether oxygens (including phenoxy) is 2. The van der Waals surface area contributed by atoms with Gasteiger partial charge in [0.15, 0.2) is 5.78 Å². The Morgan fingerprint density at radius 2 is 1.97 bits per heavy atom. The highest BCUT2D eigenvalue weighted by atomic mass is 19.1. The standard InChI is InChI=1S/C27H36FN5O4/c28-19-13-17-24-26(22(19)30-21-7-8-29-31-21)37-20-6-5-15-3-1-2-4-16(15)23(20)33(24)14-18(25(17)34)27(35)32-9-11-36-12-10-32/h7-8,14-17,19-20,22-24,26H,1-6,9-13H2,(H2,29,30,31). The second kappa shape index (κ2) is 9.38. The minimum atomic E-state index is -1.29. The summed E-state index contributed by atoms with van der Waals surface area (Å²) in [7, 11) is 0. The van der Waals surface area contributed by atoms with Crippen LogP contribution < -0.4 is 5.32 Å². The third-order valence-corrected chi connectivity index (χ3v) is 9.83. The van der Waals surface area contributed by atoms with Crippen LogP contribution in [0.25, 0.3) is 0 Å². The van der Waals surface area contributed by atoms with E-state index in [1.165, 1.54) is 19.3 Å². The number of rotatable bonds is 3.